The summed E-state index contributed by atoms with van der Waals surface area (Å²) < 4.78 is 33.5. The predicted molar refractivity (Wildman–Crippen MR) is 176 cm³/mol. The molecule has 5 aliphatic rings. The number of carbonyl (C=O) groups is 5. The molecule has 6 rings (SSSR count). The standard InChI is InChI=1S/C37H50F2N4O6/c1-36(38,39)20-17-27(31(44)33(46)40-25-15-16-25)41-32(45)30-28-26(37(28)18-9-4-10-19-37)21-43(30)34(47)29(24-13-7-3-8-14-24)42-35(48)49-22-23-11-5-2-6-12-23/h2,5-6,11-12,24-30H,3-4,7-10,13-22H2,1H3,(H,40,46)(H,41,45)(H,42,48)/t26-,27?,28-,29-,30-/m0/s1. The molecule has 5 atom stereocenters. The zero-order valence-electron chi connectivity index (χ0n) is 28.4. The van der Waals surface area contributed by atoms with Gasteiger partial charge in [-0.3, -0.25) is 19.2 Å². The summed E-state index contributed by atoms with van der Waals surface area (Å²) >= 11 is 0. The highest BCUT2D eigenvalue weighted by atomic mass is 19.3. The highest BCUT2D eigenvalue weighted by molar-refractivity contribution is 6.38. The van der Waals surface area contributed by atoms with E-state index in [1.807, 2.05) is 30.3 Å². The minimum Gasteiger partial charge on any atom is -0.445 e. The zero-order valence-corrected chi connectivity index (χ0v) is 28.4. The summed E-state index contributed by atoms with van der Waals surface area (Å²) in [5.41, 5.74) is 0.724. The van der Waals surface area contributed by atoms with Crippen LogP contribution in [0.15, 0.2) is 30.3 Å². The predicted octanol–water partition coefficient (Wildman–Crippen LogP) is 5.04. The summed E-state index contributed by atoms with van der Waals surface area (Å²) in [4.78, 5) is 69.6. The summed E-state index contributed by atoms with van der Waals surface area (Å²) in [6.07, 6.45) is 9.08. The Morgan fingerprint density at radius 3 is 2.27 bits per heavy atom. The van der Waals surface area contributed by atoms with Crippen molar-refractivity contribution in [3.63, 3.8) is 0 Å². The number of alkyl carbamates (subject to hydrolysis) is 1. The van der Waals surface area contributed by atoms with Crippen molar-refractivity contribution in [2.45, 2.75) is 134 Å². The maximum Gasteiger partial charge on any atom is 0.408 e. The van der Waals surface area contributed by atoms with E-state index in [0.29, 0.717) is 6.54 Å². The van der Waals surface area contributed by atoms with E-state index in [-0.39, 0.29) is 41.7 Å². The van der Waals surface area contributed by atoms with E-state index >= 15 is 0 Å². The molecule has 1 spiro atoms. The van der Waals surface area contributed by atoms with E-state index in [1.165, 1.54) is 0 Å². The molecule has 1 unspecified atom stereocenters. The average Bonchev–Trinajstić information content (AvgIpc) is 3.97. The van der Waals surface area contributed by atoms with Crippen molar-refractivity contribution in [1.29, 1.82) is 0 Å². The van der Waals surface area contributed by atoms with Crippen LogP contribution >= 0.6 is 0 Å². The first-order valence-electron chi connectivity index (χ1n) is 18.3. The van der Waals surface area contributed by atoms with Crippen LogP contribution in [0.1, 0.15) is 102 Å². The topological polar surface area (TPSA) is 134 Å². The van der Waals surface area contributed by atoms with Gasteiger partial charge in [0.05, 0.1) is 6.04 Å². The van der Waals surface area contributed by atoms with Crippen molar-refractivity contribution < 1.29 is 37.5 Å². The van der Waals surface area contributed by atoms with E-state index in [2.05, 4.69) is 16.0 Å². The number of amides is 4. The van der Waals surface area contributed by atoms with Gasteiger partial charge in [-0.05, 0) is 80.6 Å². The zero-order chi connectivity index (χ0) is 34.8. The number of fused-ring (bicyclic) bond motifs is 3. The monoisotopic (exact) mass is 684 g/mol. The summed E-state index contributed by atoms with van der Waals surface area (Å²) in [6.45, 7) is 1.13. The number of benzene rings is 1. The lowest BCUT2D eigenvalue weighted by atomic mass is 9.80. The van der Waals surface area contributed by atoms with Crippen LogP contribution < -0.4 is 16.0 Å². The number of piperidine rings is 1. The molecule has 0 radical (unpaired) electrons. The third kappa shape index (κ3) is 8.26. The molecule has 12 heteroatoms. The molecule has 268 valence electrons. The van der Waals surface area contributed by atoms with Crippen molar-refractivity contribution in [3.05, 3.63) is 35.9 Å². The second kappa shape index (κ2) is 14.7. The van der Waals surface area contributed by atoms with E-state index in [4.69, 9.17) is 4.74 Å². The average molecular weight is 685 g/mol. The van der Waals surface area contributed by atoms with Crippen LogP contribution in [-0.2, 0) is 30.5 Å². The Morgan fingerprint density at radius 2 is 1.61 bits per heavy atom. The first-order valence-corrected chi connectivity index (χ1v) is 18.3. The van der Waals surface area contributed by atoms with E-state index < -0.39 is 60.6 Å². The summed E-state index contributed by atoms with van der Waals surface area (Å²) in [5.74, 6) is -6.10. The molecule has 0 bridgehead atoms. The maximum absolute atomic E-state index is 14.6. The van der Waals surface area contributed by atoms with Crippen molar-refractivity contribution in [3.8, 4) is 0 Å². The second-order valence-corrected chi connectivity index (χ2v) is 15.2. The van der Waals surface area contributed by atoms with Crippen molar-refractivity contribution in [2.75, 3.05) is 6.54 Å². The van der Waals surface area contributed by atoms with Crippen LogP contribution in [0.25, 0.3) is 0 Å². The maximum atomic E-state index is 14.6. The lowest BCUT2D eigenvalue weighted by Crippen LogP contribution is -2.60. The molecule has 3 N–H and O–H groups in total. The normalized spacial score (nSPS) is 25.9. The van der Waals surface area contributed by atoms with Crippen LogP contribution in [0.4, 0.5) is 13.6 Å². The molecular weight excluding hydrogens is 634 g/mol. The van der Waals surface area contributed by atoms with Gasteiger partial charge in [0.25, 0.3) is 5.91 Å². The number of rotatable bonds is 13. The van der Waals surface area contributed by atoms with Crippen LogP contribution in [0.3, 0.4) is 0 Å². The Kier molecular flexibility index (Phi) is 10.6. The molecule has 4 saturated carbocycles. The molecule has 1 aliphatic heterocycles. The molecule has 1 saturated heterocycles. The van der Waals surface area contributed by atoms with Gasteiger partial charge in [0.2, 0.25) is 23.5 Å². The Labute approximate surface area is 286 Å². The van der Waals surface area contributed by atoms with E-state index in [0.717, 1.165) is 89.5 Å². The van der Waals surface area contributed by atoms with Gasteiger partial charge in [-0.2, -0.15) is 0 Å². The van der Waals surface area contributed by atoms with Gasteiger partial charge < -0.3 is 25.6 Å². The number of ether oxygens (including phenoxy) is 1. The molecule has 4 amide bonds. The van der Waals surface area contributed by atoms with Gasteiger partial charge in [0.1, 0.15) is 18.7 Å². The molecule has 1 aromatic carbocycles. The highest BCUT2D eigenvalue weighted by Crippen LogP contribution is 2.71. The van der Waals surface area contributed by atoms with Crippen molar-refractivity contribution in [2.24, 2.45) is 23.2 Å². The molecule has 1 aromatic rings. The summed E-state index contributed by atoms with van der Waals surface area (Å²) in [5, 5.41) is 8.14. The summed E-state index contributed by atoms with van der Waals surface area (Å²) in [6, 6.07) is 5.83. The molecule has 49 heavy (non-hydrogen) atoms. The number of halogens is 2. The number of carbonyl (C=O) groups excluding carboxylic acids is 5. The van der Waals surface area contributed by atoms with Crippen molar-refractivity contribution >= 4 is 29.6 Å². The minimum atomic E-state index is -3.10. The van der Waals surface area contributed by atoms with E-state index in [1.54, 1.807) is 4.90 Å². The Hall–Kier alpha value is -3.57. The van der Waals surface area contributed by atoms with Gasteiger partial charge in [0, 0.05) is 19.0 Å². The Balaban J connectivity index is 1.22. The molecular formula is C37H50F2N4O6. The molecule has 10 nitrogen and oxygen atoms in total. The van der Waals surface area contributed by atoms with Crippen LogP contribution in [0.5, 0.6) is 0 Å². The van der Waals surface area contributed by atoms with Gasteiger partial charge in [-0.1, -0.05) is 68.9 Å². The molecule has 1 heterocycles. The fourth-order valence-corrected chi connectivity index (χ4v) is 8.89. The quantitative estimate of drug-likeness (QED) is 0.250. The number of Topliss-reactive ketones (excluding diaryl/α,β-unsaturated/α-hetero) is 1. The number of alkyl halides is 2. The number of nitrogens with one attached hydrogen (secondary N) is 3. The number of nitrogens with zero attached hydrogens (tertiary/aromatic N) is 1. The van der Waals surface area contributed by atoms with Gasteiger partial charge >= 0.3 is 6.09 Å². The van der Waals surface area contributed by atoms with Gasteiger partial charge in [-0.25, -0.2) is 13.6 Å². The Bertz CT molecular complexity index is 1390. The van der Waals surface area contributed by atoms with Gasteiger partial charge in [-0.15, -0.1) is 0 Å². The number of ketones is 1. The SMILES string of the molecule is CC(F)(F)CCC(NC(=O)[C@@H]1[C@@H]2[C@H](CN1C(=O)[C@@H](NC(=O)OCc1ccccc1)C1CCCCC1)C21CCCCC1)C(=O)C(=O)NC1CC1. The highest BCUT2D eigenvalue weighted by Gasteiger charge is 2.73. The van der Waals surface area contributed by atoms with Crippen LogP contribution in [-0.4, -0.2) is 71.1 Å². The first kappa shape index (κ1) is 35.3. The summed E-state index contributed by atoms with van der Waals surface area (Å²) in [7, 11) is 0. The smallest absolute Gasteiger partial charge is 0.408 e. The third-order valence-electron chi connectivity index (χ3n) is 11.6. The van der Waals surface area contributed by atoms with Crippen molar-refractivity contribution in [1.82, 2.24) is 20.9 Å². The van der Waals surface area contributed by atoms with E-state index in [9.17, 15) is 32.8 Å². The lowest BCUT2D eigenvalue weighted by molar-refractivity contribution is -0.145. The Morgan fingerprint density at radius 1 is 0.939 bits per heavy atom. The minimum absolute atomic E-state index is 0.0419. The largest absolute Gasteiger partial charge is 0.445 e. The van der Waals surface area contributed by atoms with Gasteiger partial charge in [0.15, 0.2) is 0 Å². The fraction of sp³-hybridized carbons (Fsp3) is 0.703. The molecule has 0 aromatic heterocycles. The van der Waals surface area contributed by atoms with Crippen LogP contribution in [0, 0.1) is 23.2 Å². The van der Waals surface area contributed by atoms with Crippen LogP contribution in [0.2, 0.25) is 0 Å². The first-order chi connectivity index (χ1) is 23.5. The number of hydrogen-bond acceptors (Lipinski definition) is 6. The number of likely N-dealkylation sites (tertiary alicyclic amines) is 1. The molecule has 4 aliphatic carbocycles. The fourth-order valence-electron chi connectivity index (χ4n) is 8.89. The number of hydrogen-bond donors (Lipinski definition) is 3. The lowest BCUT2D eigenvalue weighted by Gasteiger charge is -2.38. The second-order valence-electron chi connectivity index (χ2n) is 15.2. The third-order valence-corrected chi connectivity index (χ3v) is 11.6. The molecule has 5 fully saturated rings.